The van der Waals surface area contributed by atoms with Crippen LogP contribution >= 0.6 is 0 Å². The van der Waals surface area contributed by atoms with Crippen LogP contribution in [0, 0.1) is 5.92 Å². The molecule has 4 aliphatic rings. The van der Waals surface area contributed by atoms with E-state index in [-0.39, 0.29) is 45.2 Å². The molecule has 4 aliphatic heterocycles. The van der Waals surface area contributed by atoms with Gasteiger partial charge in [-0.1, -0.05) is 62.7 Å². The summed E-state index contributed by atoms with van der Waals surface area (Å²) >= 11 is 0. The number of carboxylic acid groups (broad SMARTS) is 3. The molecule has 0 saturated carbocycles. The van der Waals surface area contributed by atoms with Gasteiger partial charge in [0.2, 0.25) is 47.6 Å². The first kappa shape index (κ1) is 58.7. The predicted octanol–water partition coefficient (Wildman–Crippen LogP) is -2.93. The smallest absolute Gasteiger partial charge is 0.317 e. The molecule has 77 heavy (non-hydrogen) atoms. The van der Waals surface area contributed by atoms with Crippen molar-refractivity contribution in [3.8, 4) is 0 Å². The first-order valence-electron chi connectivity index (χ1n) is 25.6. The number of amides is 7. The Balaban J connectivity index is 0.979. The van der Waals surface area contributed by atoms with Crippen LogP contribution < -0.4 is 36.8 Å². The van der Waals surface area contributed by atoms with Crippen LogP contribution in [0.4, 0.5) is 5.69 Å². The molecule has 2 aromatic rings. The number of carbonyl (C=O) groups is 11. The molecule has 0 aromatic heterocycles. The number of hydrogen-bond acceptors (Lipinski definition) is 16. The Morgan fingerprint density at radius 3 is 1.91 bits per heavy atom. The molecule has 1 unspecified atom stereocenters. The number of para-hydroxylation sites is 1. The van der Waals surface area contributed by atoms with Gasteiger partial charge in [0.05, 0.1) is 44.7 Å². The summed E-state index contributed by atoms with van der Waals surface area (Å²) in [6.45, 7) is 5.11. The molecule has 2 saturated heterocycles. The van der Waals surface area contributed by atoms with Crippen LogP contribution in [0.3, 0.4) is 0 Å². The molecule has 26 nitrogen and oxygen atoms in total. The number of nitrogens with zero attached hydrogens (tertiary/aromatic N) is 4. The Morgan fingerprint density at radius 1 is 0.701 bits per heavy atom. The van der Waals surface area contributed by atoms with Crippen molar-refractivity contribution in [1.29, 1.82) is 0 Å². The molecule has 26 heteroatoms. The van der Waals surface area contributed by atoms with Gasteiger partial charge in [0.1, 0.15) is 30.2 Å². The number of carboxylic acids is 3. The summed E-state index contributed by atoms with van der Waals surface area (Å²) in [4.78, 5) is 147. The van der Waals surface area contributed by atoms with Crippen LogP contribution in [0.2, 0.25) is 0 Å². The molecule has 6 rings (SSSR count). The SMILES string of the molecule is CC[C@H](C)[C@H](NC(=O)CNC(=O)CNC(=O)[C@H](CCC(=O)O)NC(=O)Cc1ccc(CN2CCN(CC(=O)O)CCN(CC(=O)O)CC2)cc1)C(=O)N[C@H]1CCc2cccc3c2N(C1=O)[C@H](C(=O)NC1CC(=O)O[C@@H]1O)C3. The van der Waals surface area contributed by atoms with Gasteiger partial charge in [0.15, 0.2) is 0 Å². The number of benzene rings is 2. The highest BCUT2D eigenvalue weighted by molar-refractivity contribution is 6.08. The number of aliphatic carboxylic acids is 3. The van der Waals surface area contributed by atoms with Crippen LogP contribution in [-0.4, -0.2) is 202 Å². The van der Waals surface area contributed by atoms with Gasteiger partial charge in [-0.05, 0) is 47.4 Å². The summed E-state index contributed by atoms with van der Waals surface area (Å²) in [5.74, 6) is -9.30. The van der Waals surface area contributed by atoms with Crippen molar-refractivity contribution >= 4 is 70.9 Å². The third-order valence-electron chi connectivity index (χ3n) is 14.0. The highest BCUT2D eigenvalue weighted by Crippen LogP contribution is 2.39. The van der Waals surface area contributed by atoms with Gasteiger partial charge >= 0.3 is 23.9 Å². The molecular formula is C51H68N10O16. The predicted molar refractivity (Wildman–Crippen MR) is 270 cm³/mol. The van der Waals surface area contributed by atoms with Gasteiger partial charge < -0.3 is 57.1 Å². The Morgan fingerprint density at radius 2 is 1.31 bits per heavy atom. The lowest BCUT2D eigenvalue weighted by Crippen LogP contribution is -2.59. The summed E-state index contributed by atoms with van der Waals surface area (Å²) in [7, 11) is 0. The number of nitrogens with one attached hydrogen (secondary N) is 6. The van der Waals surface area contributed by atoms with E-state index >= 15 is 0 Å². The number of aliphatic hydroxyl groups is 1. The third-order valence-corrected chi connectivity index (χ3v) is 14.0. The second-order valence-electron chi connectivity index (χ2n) is 19.7. The third kappa shape index (κ3) is 17.0. The number of aryl methyl sites for hydroxylation is 1. The topological polar surface area (TPSA) is 363 Å². The van der Waals surface area contributed by atoms with Crippen molar-refractivity contribution in [2.45, 2.75) is 108 Å². The fourth-order valence-electron chi connectivity index (χ4n) is 9.67. The second-order valence-corrected chi connectivity index (χ2v) is 19.7. The van der Waals surface area contributed by atoms with E-state index in [1.165, 1.54) is 4.90 Å². The van der Waals surface area contributed by atoms with E-state index in [9.17, 15) is 73.2 Å². The average Bonchev–Trinajstić information content (AvgIpc) is 3.93. The number of cyclic esters (lactones) is 1. The number of hydrogen-bond donors (Lipinski definition) is 10. The van der Waals surface area contributed by atoms with Crippen molar-refractivity contribution in [3.05, 3.63) is 64.7 Å². The molecule has 418 valence electrons. The summed E-state index contributed by atoms with van der Waals surface area (Å²) in [6, 6.07) is 6.75. The molecule has 0 radical (unpaired) electrons. The van der Waals surface area contributed by atoms with E-state index in [4.69, 9.17) is 4.74 Å². The lowest BCUT2D eigenvalue weighted by molar-refractivity contribution is -0.155. The minimum atomic E-state index is -1.55. The molecule has 2 aromatic carbocycles. The van der Waals surface area contributed by atoms with Gasteiger partial charge in [-0.3, -0.25) is 72.3 Å². The van der Waals surface area contributed by atoms with Gasteiger partial charge in [0.25, 0.3) is 0 Å². The first-order chi connectivity index (χ1) is 36.7. The van der Waals surface area contributed by atoms with E-state index in [0.29, 0.717) is 69.9 Å². The summed E-state index contributed by atoms with van der Waals surface area (Å²) in [5, 5.41) is 53.4. The molecular weight excluding hydrogens is 1010 g/mol. The summed E-state index contributed by atoms with van der Waals surface area (Å²) < 4.78 is 4.75. The minimum Gasteiger partial charge on any atom is -0.481 e. The van der Waals surface area contributed by atoms with Crippen LogP contribution in [0.1, 0.15) is 68.2 Å². The molecule has 10 N–H and O–H groups in total. The van der Waals surface area contributed by atoms with E-state index in [1.807, 2.05) is 18.2 Å². The maximum atomic E-state index is 14.3. The van der Waals surface area contributed by atoms with Crippen molar-refractivity contribution in [1.82, 2.24) is 46.6 Å². The monoisotopic (exact) mass is 1080 g/mol. The maximum absolute atomic E-state index is 14.3. The minimum absolute atomic E-state index is 0.142. The zero-order valence-corrected chi connectivity index (χ0v) is 43.0. The van der Waals surface area contributed by atoms with E-state index in [0.717, 1.165) is 16.7 Å². The van der Waals surface area contributed by atoms with Crippen LogP contribution in [0.15, 0.2) is 42.5 Å². The Bertz CT molecular complexity index is 2520. The quantitative estimate of drug-likeness (QED) is 0.0471. The highest BCUT2D eigenvalue weighted by atomic mass is 16.6. The fraction of sp³-hybridized carbons (Fsp3) is 0.549. The average molecular weight is 1080 g/mol. The molecule has 4 heterocycles. The molecule has 0 aliphatic carbocycles. The number of esters is 1. The number of ether oxygens (including phenoxy) is 1. The lowest BCUT2D eigenvalue weighted by Gasteiger charge is -2.30. The van der Waals surface area contributed by atoms with Crippen molar-refractivity contribution < 1.29 is 77.9 Å². The van der Waals surface area contributed by atoms with Crippen molar-refractivity contribution in [3.63, 3.8) is 0 Å². The molecule has 2 fully saturated rings. The zero-order chi connectivity index (χ0) is 55.9. The zero-order valence-electron chi connectivity index (χ0n) is 43.0. The largest absolute Gasteiger partial charge is 0.481 e. The van der Waals surface area contributed by atoms with Crippen LogP contribution in [-0.2, 0) is 83.3 Å². The van der Waals surface area contributed by atoms with Crippen LogP contribution in [0.5, 0.6) is 0 Å². The molecule has 7 amide bonds. The maximum Gasteiger partial charge on any atom is 0.317 e. The number of carbonyl (C=O) groups excluding carboxylic acids is 8. The molecule has 0 spiro atoms. The lowest BCUT2D eigenvalue weighted by atomic mass is 9.97. The number of anilines is 1. The highest BCUT2D eigenvalue weighted by Gasteiger charge is 2.46. The van der Waals surface area contributed by atoms with Gasteiger partial charge in [-0.15, -0.1) is 0 Å². The summed E-state index contributed by atoms with van der Waals surface area (Å²) in [5.41, 5.74) is 3.50. The second kappa shape index (κ2) is 27.5. The van der Waals surface area contributed by atoms with Crippen molar-refractivity contribution in [2.24, 2.45) is 5.92 Å². The van der Waals surface area contributed by atoms with Crippen LogP contribution in [0.25, 0.3) is 0 Å². The Labute approximate surface area is 443 Å². The normalized spacial score (nSPS) is 21.1. The number of aliphatic hydroxyl groups excluding tert-OH is 1. The van der Waals surface area contributed by atoms with E-state index in [2.05, 4.69) is 36.8 Å². The molecule has 0 bridgehead atoms. The van der Waals surface area contributed by atoms with Gasteiger partial charge in [-0.2, -0.15) is 0 Å². The van der Waals surface area contributed by atoms with Gasteiger partial charge in [0, 0.05) is 58.7 Å². The first-order valence-corrected chi connectivity index (χ1v) is 25.6. The van der Waals surface area contributed by atoms with Gasteiger partial charge in [-0.25, -0.2) is 0 Å². The number of rotatable bonds is 24. The Hall–Kier alpha value is -7.55. The van der Waals surface area contributed by atoms with Crippen molar-refractivity contribution in [2.75, 3.05) is 70.3 Å². The standard InChI is InChI=1S/C51H68N10O16/c1-3-29(2)45(49(74)55-35-12-11-32-5-4-6-33-22-37(61(46(32)33)50(35)75)48(73)56-36-23-44(71)77-51(36)76)57-40(64)25-52-39(63)24-53-47(72)34(13-14-41(65)66)54-38(62)21-30-7-9-31(10-8-30)26-58-15-17-59(27-42(67)68)19-20-60(18-16-58)28-43(69)70/h4-10,29,34-37,45,51,76H,3,11-28H2,1-2H3,(H,52,63)(H,53,72)(H,54,62)(H,55,74)(H,56,73)(H,57,64)(H,65,66)(H,67,68)(H,69,70)/t29-,34-,35-,36?,37-,45-,51-/m0/s1. The van der Waals surface area contributed by atoms with E-state index in [1.54, 1.807) is 47.9 Å². The van der Waals surface area contributed by atoms with E-state index < -0.39 is 127 Å². The fourth-order valence-corrected chi connectivity index (χ4v) is 9.67. The Kier molecular flexibility index (Phi) is 21.0. The summed E-state index contributed by atoms with van der Waals surface area (Å²) in [6.07, 6.45) is -1.70. The molecule has 7 atom stereocenters.